The van der Waals surface area contributed by atoms with Crippen molar-refractivity contribution in [2.75, 3.05) is 19.4 Å². The molecule has 0 saturated heterocycles. The van der Waals surface area contributed by atoms with Gasteiger partial charge in [0.25, 0.3) is 0 Å². The molecule has 0 atom stereocenters. The van der Waals surface area contributed by atoms with Gasteiger partial charge in [0.05, 0.1) is 9.79 Å². The zero-order valence-electron chi connectivity index (χ0n) is 13.3. The van der Waals surface area contributed by atoms with Crippen molar-refractivity contribution in [3.05, 3.63) is 53.1 Å². The maximum atomic E-state index is 12.9. The number of benzene rings is 2. The highest BCUT2D eigenvalue weighted by Crippen LogP contribution is 2.29. The van der Waals surface area contributed by atoms with Gasteiger partial charge in [-0.05, 0) is 42.5 Å². The van der Waals surface area contributed by atoms with Crippen LogP contribution in [0.2, 0.25) is 5.02 Å². The summed E-state index contributed by atoms with van der Waals surface area (Å²) in [5.74, 6) is 0.606. The number of rotatable bonds is 3. The van der Waals surface area contributed by atoms with Gasteiger partial charge in [-0.1, -0.05) is 11.6 Å². The second kappa shape index (κ2) is 6.60. The third-order valence-corrected chi connectivity index (χ3v) is 7.08. The lowest BCUT2D eigenvalue weighted by Gasteiger charge is -2.19. The number of nitrogens with zero attached hydrogens (tertiary/aromatic N) is 1. The Hall–Kier alpha value is -1.61. The fourth-order valence-electron chi connectivity index (χ4n) is 2.55. The van der Waals surface area contributed by atoms with E-state index in [1.807, 2.05) is 0 Å². The van der Waals surface area contributed by atoms with Gasteiger partial charge in [0.15, 0.2) is 9.84 Å². The van der Waals surface area contributed by atoms with Crippen molar-refractivity contribution < 1.29 is 21.6 Å². The lowest BCUT2D eigenvalue weighted by atomic mass is 10.2. The number of halogens is 1. The zero-order chi connectivity index (χ0) is 18.2. The predicted octanol–water partition coefficient (Wildman–Crippen LogP) is 2.33. The maximum Gasteiger partial charge on any atom is 0.243 e. The van der Waals surface area contributed by atoms with Gasteiger partial charge < -0.3 is 4.74 Å². The van der Waals surface area contributed by atoms with E-state index in [0.717, 1.165) is 6.26 Å². The lowest BCUT2D eigenvalue weighted by molar-refractivity contribution is 0.293. The molecule has 0 unspecified atom stereocenters. The predicted molar refractivity (Wildman–Crippen MR) is 94.1 cm³/mol. The van der Waals surface area contributed by atoms with Crippen LogP contribution in [0.5, 0.6) is 5.75 Å². The third kappa shape index (κ3) is 3.82. The van der Waals surface area contributed by atoms with Crippen LogP contribution in [0.15, 0.2) is 52.3 Å². The Morgan fingerprint density at radius 1 is 1.00 bits per heavy atom. The Labute approximate surface area is 152 Å². The molecule has 1 aliphatic heterocycles. The molecule has 1 heterocycles. The quantitative estimate of drug-likeness (QED) is 0.788. The molecule has 6 nitrogen and oxygen atoms in total. The minimum atomic E-state index is -3.79. The average Bonchev–Trinajstić information content (AvgIpc) is 2.76. The van der Waals surface area contributed by atoms with Crippen LogP contribution in [0.4, 0.5) is 0 Å². The lowest BCUT2D eigenvalue weighted by Crippen LogP contribution is -2.32. The fourth-order valence-corrected chi connectivity index (χ4v) is 4.78. The van der Waals surface area contributed by atoms with Crippen LogP contribution in [0.3, 0.4) is 0 Å². The average molecular weight is 402 g/mol. The molecular weight excluding hydrogens is 386 g/mol. The molecule has 0 amide bonds. The molecule has 0 N–H and O–H groups in total. The van der Waals surface area contributed by atoms with Gasteiger partial charge >= 0.3 is 0 Å². The van der Waals surface area contributed by atoms with Crippen LogP contribution in [-0.2, 0) is 26.4 Å². The molecule has 9 heteroatoms. The molecule has 2 aromatic rings. The Kier molecular flexibility index (Phi) is 4.80. The molecule has 0 spiro atoms. The molecule has 1 aliphatic rings. The zero-order valence-corrected chi connectivity index (χ0v) is 15.7. The molecule has 3 rings (SSSR count). The summed E-state index contributed by atoms with van der Waals surface area (Å²) in [7, 11) is -7.17. The van der Waals surface area contributed by atoms with E-state index in [2.05, 4.69) is 0 Å². The van der Waals surface area contributed by atoms with E-state index in [1.165, 1.54) is 28.6 Å². The Balaban J connectivity index is 1.94. The standard InChI is InChI=1S/C16H16ClNO5S2/c1-24(19,20)14-3-5-15(6-4-14)25(21,22)18-8-9-23-16-7-2-13(17)10-12(16)11-18/h2-7,10H,8-9,11H2,1H3. The molecule has 0 saturated carbocycles. The Bertz CT molecular complexity index is 1000. The van der Waals surface area contributed by atoms with Gasteiger partial charge in [0.1, 0.15) is 12.4 Å². The second-order valence-electron chi connectivity index (χ2n) is 5.68. The highest BCUT2D eigenvalue weighted by atomic mass is 35.5. The van der Waals surface area contributed by atoms with Gasteiger partial charge in [-0.2, -0.15) is 4.31 Å². The van der Waals surface area contributed by atoms with E-state index in [1.54, 1.807) is 18.2 Å². The number of sulfonamides is 1. The van der Waals surface area contributed by atoms with Crippen molar-refractivity contribution in [1.82, 2.24) is 4.31 Å². The first kappa shape index (κ1) is 18.2. The van der Waals surface area contributed by atoms with Gasteiger partial charge in [0, 0.05) is 29.9 Å². The molecular formula is C16H16ClNO5S2. The topological polar surface area (TPSA) is 80.8 Å². The SMILES string of the molecule is CS(=O)(=O)c1ccc(S(=O)(=O)N2CCOc3ccc(Cl)cc3C2)cc1. The molecule has 0 fully saturated rings. The molecule has 0 aliphatic carbocycles. The van der Waals surface area contributed by atoms with Crippen molar-refractivity contribution in [3.8, 4) is 5.75 Å². The molecule has 134 valence electrons. The summed E-state index contributed by atoms with van der Waals surface area (Å²) in [4.78, 5) is 0.105. The third-order valence-electron chi connectivity index (χ3n) is 3.86. The molecule has 2 aromatic carbocycles. The molecule has 0 bridgehead atoms. The van der Waals surface area contributed by atoms with Crippen LogP contribution in [0.1, 0.15) is 5.56 Å². The van der Waals surface area contributed by atoms with E-state index < -0.39 is 19.9 Å². The Morgan fingerprint density at radius 2 is 1.64 bits per heavy atom. The monoisotopic (exact) mass is 401 g/mol. The fraction of sp³-hybridized carbons (Fsp3) is 0.250. The summed E-state index contributed by atoms with van der Waals surface area (Å²) in [5.41, 5.74) is 0.682. The largest absolute Gasteiger partial charge is 0.492 e. The van der Waals surface area contributed by atoms with E-state index >= 15 is 0 Å². The maximum absolute atomic E-state index is 12.9. The van der Waals surface area contributed by atoms with Gasteiger partial charge in [0.2, 0.25) is 10.0 Å². The summed E-state index contributed by atoms with van der Waals surface area (Å²) in [6.07, 6.45) is 1.07. The van der Waals surface area contributed by atoms with Crippen LogP contribution < -0.4 is 4.74 Å². The smallest absolute Gasteiger partial charge is 0.243 e. The molecule has 25 heavy (non-hydrogen) atoms. The van der Waals surface area contributed by atoms with Gasteiger partial charge in [-0.3, -0.25) is 0 Å². The summed E-state index contributed by atoms with van der Waals surface area (Å²) >= 11 is 5.99. The number of sulfone groups is 1. The first-order valence-corrected chi connectivity index (χ1v) is 11.1. The number of hydrogen-bond donors (Lipinski definition) is 0. The van der Waals surface area contributed by atoms with Crippen LogP contribution in [0, 0.1) is 0 Å². The van der Waals surface area contributed by atoms with Gasteiger partial charge in [-0.15, -0.1) is 0 Å². The normalized spacial score (nSPS) is 15.9. The number of ether oxygens (including phenoxy) is 1. The van der Waals surface area contributed by atoms with E-state index in [-0.39, 0.29) is 29.5 Å². The summed E-state index contributed by atoms with van der Waals surface area (Å²) < 4.78 is 55.7. The first-order chi connectivity index (χ1) is 11.7. The van der Waals surface area contributed by atoms with E-state index in [4.69, 9.17) is 16.3 Å². The van der Waals surface area contributed by atoms with Crippen LogP contribution >= 0.6 is 11.6 Å². The summed E-state index contributed by atoms with van der Waals surface area (Å²) in [6, 6.07) is 10.3. The highest BCUT2D eigenvalue weighted by molar-refractivity contribution is 7.90. The summed E-state index contributed by atoms with van der Waals surface area (Å²) in [6.45, 7) is 0.532. The van der Waals surface area contributed by atoms with Crippen molar-refractivity contribution in [3.63, 3.8) is 0 Å². The highest BCUT2D eigenvalue weighted by Gasteiger charge is 2.28. The van der Waals surface area contributed by atoms with Crippen molar-refractivity contribution in [2.24, 2.45) is 0 Å². The minimum Gasteiger partial charge on any atom is -0.492 e. The second-order valence-corrected chi connectivity index (χ2v) is 10.1. The van der Waals surface area contributed by atoms with Crippen LogP contribution in [0.25, 0.3) is 0 Å². The summed E-state index contributed by atoms with van der Waals surface area (Å²) in [5, 5.41) is 0.499. The Morgan fingerprint density at radius 3 is 2.28 bits per heavy atom. The van der Waals surface area contributed by atoms with Crippen molar-refractivity contribution in [2.45, 2.75) is 16.3 Å². The van der Waals surface area contributed by atoms with E-state index in [9.17, 15) is 16.8 Å². The number of hydrogen-bond acceptors (Lipinski definition) is 5. The number of fused-ring (bicyclic) bond motifs is 1. The van der Waals surface area contributed by atoms with Gasteiger partial charge in [-0.25, -0.2) is 16.8 Å². The molecule has 0 aromatic heterocycles. The van der Waals surface area contributed by atoms with E-state index in [0.29, 0.717) is 16.3 Å². The molecule has 0 radical (unpaired) electrons. The van der Waals surface area contributed by atoms with Crippen LogP contribution in [-0.4, -0.2) is 40.5 Å². The minimum absolute atomic E-state index is 0.0328. The first-order valence-electron chi connectivity index (χ1n) is 7.39. The van der Waals surface area contributed by atoms with Crippen molar-refractivity contribution >= 4 is 31.5 Å². The van der Waals surface area contributed by atoms with Crippen molar-refractivity contribution in [1.29, 1.82) is 0 Å².